The number of anilines is 3. The zero-order valence-electron chi connectivity index (χ0n) is 24.1. The van der Waals surface area contributed by atoms with Crippen LogP contribution in [-0.2, 0) is 0 Å². The van der Waals surface area contributed by atoms with Crippen LogP contribution in [0.1, 0.15) is 37.3 Å². The number of benzene rings is 2. The summed E-state index contributed by atoms with van der Waals surface area (Å²) >= 11 is 6.37. The molecule has 1 aliphatic heterocycles. The lowest BCUT2D eigenvalue weighted by Gasteiger charge is -2.41. The van der Waals surface area contributed by atoms with Crippen molar-refractivity contribution in [2.45, 2.75) is 44.7 Å². The molecule has 0 spiro atoms. The van der Waals surface area contributed by atoms with E-state index in [0.717, 1.165) is 57.2 Å². The first kappa shape index (κ1) is 27.1. The molecule has 0 bridgehead atoms. The Morgan fingerprint density at radius 2 is 1.67 bits per heavy atom. The second-order valence-electron chi connectivity index (χ2n) is 11.8. The summed E-state index contributed by atoms with van der Waals surface area (Å²) in [7, 11) is 2.22. The summed E-state index contributed by atoms with van der Waals surface area (Å²) in [6.07, 6.45) is 10.3. The van der Waals surface area contributed by atoms with E-state index in [9.17, 15) is 0 Å². The molecule has 4 heterocycles. The Morgan fingerprint density at radius 1 is 0.929 bits per heavy atom. The monoisotopic (exact) mass is 581 g/mol. The summed E-state index contributed by atoms with van der Waals surface area (Å²) in [6, 6.07) is 13.3. The molecule has 9 nitrogen and oxygen atoms in total. The molecule has 1 saturated carbocycles. The molecule has 0 radical (unpaired) electrons. The third-order valence-electron chi connectivity index (χ3n) is 9.00. The van der Waals surface area contributed by atoms with E-state index in [1.807, 2.05) is 31.2 Å². The van der Waals surface area contributed by atoms with Crippen LogP contribution in [0.5, 0.6) is 0 Å². The fourth-order valence-electron chi connectivity index (χ4n) is 6.64. The number of likely N-dealkylation sites (N-methyl/N-ethyl adjacent to an activating group) is 1. The quantitative estimate of drug-likeness (QED) is 0.258. The fraction of sp³-hybridized carbons (Fsp3) is 0.375. The topological polar surface area (TPSA) is 101 Å². The highest BCUT2D eigenvalue weighted by molar-refractivity contribution is 6.35. The zero-order chi connectivity index (χ0) is 28.8. The van der Waals surface area contributed by atoms with Gasteiger partial charge in [-0.15, -0.1) is 0 Å². The number of halogens is 1. The summed E-state index contributed by atoms with van der Waals surface area (Å²) in [5.74, 6) is 1.04. The maximum Gasteiger partial charge on any atom is 0.227 e. The van der Waals surface area contributed by atoms with Crippen molar-refractivity contribution in [3.63, 3.8) is 0 Å². The van der Waals surface area contributed by atoms with E-state index >= 15 is 0 Å². The van der Waals surface area contributed by atoms with Crippen LogP contribution in [0.3, 0.4) is 0 Å². The molecule has 2 aromatic carbocycles. The normalized spacial score (nSPS) is 20.4. The molecule has 1 aliphatic carbocycles. The highest BCUT2D eigenvalue weighted by Gasteiger charge is 2.30. The molecule has 0 amide bonds. The van der Waals surface area contributed by atoms with Gasteiger partial charge in [-0.25, -0.2) is 19.9 Å². The van der Waals surface area contributed by atoms with E-state index in [1.165, 1.54) is 39.0 Å². The van der Waals surface area contributed by atoms with E-state index in [-0.39, 0.29) is 0 Å². The van der Waals surface area contributed by atoms with E-state index in [1.54, 1.807) is 12.5 Å². The molecule has 216 valence electrons. The van der Waals surface area contributed by atoms with Crippen molar-refractivity contribution in [1.82, 2.24) is 34.3 Å². The average molecular weight is 582 g/mol. The average Bonchev–Trinajstić information content (AvgIpc) is 3.39. The molecule has 2 aliphatic rings. The van der Waals surface area contributed by atoms with E-state index < -0.39 is 0 Å². The highest BCUT2D eigenvalue weighted by atomic mass is 35.5. The first-order chi connectivity index (χ1) is 20.4. The maximum atomic E-state index is 6.45. The molecule has 5 aromatic rings. The van der Waals surface area contributed by atoms with Gasteiger partial charge in [0.2, 0.25) is 5.95 Å². The summed E-state index contributed by atoms with van der Waals surface area (Å²) in [5.41, 5.74) is 12.3. The van der Waals surface area contributed by atoms with Crippen molar-refractivity contribution in [1.29, 1.82) is 0 Å². The number of hydrogen-bond donors (Lipinski definition) is 2. The predicted molar refractivity (Wildman–Crippen MR) is 170 cm³/mol. The zero-order valence-corrected chi connectivity index (χ0v) is 24.8. The van der Waals surface area contributed by atoms with Crippen LogP contribution < -0.4 is 11.1 Å². The van der Waals surface area contributed by atoms with Crippen LogP contribution in [0, 0.1) is 6.92 Å². The van der Waals surface area contributed by atoms with Gasteiger partial charge in [0, 0.05) is 67.3 Å². The number of nitrogen functional groups attached to an aromatic ring is 1. The first-order valence-electron chi connectivity index (χ1n) is 14.8. The molecule has 2 fully saturated rings. The molecular weight excluding hydrogens is 546 g/mol. The van der Waals surface area contributed by atoms with Crippen molar-refractivity contribution >= 4 is 51.0 Å². The van der Waals surface area contributed by atoms with E-state index in [0.29, 0.717) is 28.9 Å². The molecule has 3 aromatic heterocycles. The number of nitrogens with one attached hydrogen (secondary N) is 1. The Bertz CT molecular complexity index is 1730. The number of nitrogens with zero attached hydrogens (tertiary/aromatic N) is 7. The lowest BCUT2D eigenvalue weighted by atomic mass is 9.89. The smallest absolute Gasteiger partial charge is 0.227 e. The highest BCUT2D eigenvalue weighted by Crippen LogP contribution is 2.39. The van der Waals surface area contributed by atoms with Gasteiger partial charge in [0.1, 0.15) is 17.8 Å². The van der Waals surface area contributed by atoms with Crippen molar-refractivity contribution in [3.8, 4) is 11.1 Å². The second-order valence-corrected chi connectivity index (χ2v) is 12.2. The van der Waals surface area contributed by atoms with Gasteiger partial charge in [-0.2, -0.15) is 0 Å². The molecule has 1 saturated heterocycles. The van der Waals surface area contributed by atoms with Crippen molar-refractivity contribution < 1.29 is 0 Å². The van der Waals surface area contributed by atoms with Crippen molar-refractivity contribution in [2.24, 2.45) is 0 Å². The number of rotatable bonds is 5. The Hall–Kier alpha value is -3.79. The molecule has 0 atom stereocenters. The number of aromatic nitrogens is 5. The second kappa shape index (κ2) is 11.1. The number of hydrogen-bond acceptors (Lipinski definition) is 8. The number of nitrogens with two attached hydrogens (primary N) is 1. The van der Waals surface area contributed by atoms with Gasteiger partial charge in [0.05, 0.1) is 15.9 Å². The third-order valence-corrected chi connectivity index (χ3v) is 9.31. The van der Waals surface area contributed by atoms with Gasteiger partial charge in [-0.3, -0.25) is 4.90 Å². The maximum absolute atomic E-state index is 6.45. The van der Waals surface area contributed by atoms with Crippen LogP contribution in [0.4, 0.5) is 17.5 Å². The van der Waals surface area contributed by atoms with E-state index in [4.69, 9.17) is 22.3 Å². The van der Waals surface area contributed by atoms with Gasteiger partial charge in [-0.05, 0) is 75.0 Å². The lowest BCUT2D eigenvalue weighted by molar-refractivity contribution is 0.0828. The lowest BCUT2D eigenvalue weighted by Crippen LogP contribution is -2.49. The van der Waals surface area contributed by atoms with Gasteiger partial charge in [0.15, 0.2) is 0 Å². The standard InChI is InChI=1S/C32H36ClN9/c1-20-15-27(33)25-17-35-32(39-28(25)16-20)38-22-5-3-21(4-6-22)26-18-42(31-29(26)30(34)36-19-37-31)24-9-7-23(8-10-24)41-13-11-40(2)12-14-41/h3-6,15-19,23-24H,7-14H2,1-2H3,(H2,34,36,37)(H,35,38,39)/t23-,24+. The third kappa shape index (κ3) is 5.17. The number of piperazine rings is 1. The molecule has 0 unspecified atom stereocenters. The predicted octanol–water partition coefficient (Wildman–Crippen LogP) is 6.06. The Labute approximate surface area is 250 Å². The van der Waals surface area contributed by atoms with Crippen LogP contribution in [0.2, 0.25) is 5.02 Å². The largest absolute Gasteiger partial charge is 0.383 e. The molecule has 7 rings (SSSR count). The molecule has 3 N–H and O–H groups in total. The van der Waals surface area contributed by atoms with Gasteiger partial charge in [0.25, 0.3) is 0 Å². The Balaban J connectivity index is 1.12. The number of fused-ring (bicyclic) bond motifs is 2. The Morgan fingerprint density at radius 3 is 2.43 bits per heavy atom. The van der Waals surface area contributed by atoms with Crippen LogP contribution in [0.25, 0.3) is 33.1 Å². The Kier molecular flexibility index (Phi) is 7.17. The van der Waals surface area contributed by atoms with Crippen LogP contribution in [0.15, 0.2) is 55.1 Å². The van der Waals surface area contributed by atoms with Gasteiger partial charge < -0.3 is 20.5 Å². The SMILES string of the molecule is Cc1cc(Cl)c2cnc(Nc3ccc(-c4cn([C@H]5CC[C@@H](N6CCN(C)CC6)CC5)c5ncnc(N)c45)cc3)nc2c1. The van der Waals surface area contributed by atoms with Crippen molar-refractivity contribution in [2.75, 3.05) is 44.3 Å². The van der Waals surface area contributed by atoms with Crippen molar-refractivity contribution in [3.05, 3.63) is 65.7 Å². The minimum atomic E-state index is 0.405. The van der Waals surface area contributed by atoms with Gasteiger partial charge in [-0.1, -0.05) is 23.7 Å². The summed E-state index contributed by atoms with van der Waals surface area (Å²) < 4.78 is 2.35. The summed E-state index contributed by atoms with van der Waals surface area (Å²) in [4.78, 5) is 23.3. The minimum absolute atomic E-state index is 0.405. The summed E-state index contributed by atoms with van der Waals surface area (Å²) in [6.45, 7) is 6.70. The fourth-order valence-corrected chi connectivity index (χ4v) is 6.96. The van der Waals surface area contributed by atoms with E-state index in [2.05, 4.69) is 60.0 Å². The van der Waals surface area contributed by atoms with Gasteiger partial charge >= 0.3 is 0 Å². The number of aryl methyl sites for hydroxylation is 1. The molecule has 10 heteroatoms. The van der Waals surface area contributed by atoms with Crippen LogP contribution >= 0.6 is 11.6 Å². The minimum Gasteiger partial charge on any atom is -0.383 e. The molecular formula is C32H36ClN9. The first-order valence-corrected chi connectivity index (χ1v) is 15.1. The van der Waals surface area contributed by atoms with Crippen LogP contribution in [-0.4, -0.2) is 73.6 Å². The summed E-state index contributed by atoms with van der Waals surface area (Å²) in [5, 5.41) is 5.75. The molecule has 42 heavy (non-hydrogen) atoms.